The summed E-state index contributed by atoms with van der Waals surface area (Å²) in [7, 11) is 3.32. The molecule has 0 spiro atoms. The van der Waals surface area contributed by atoms with E-state index in [2.05, 4.69) is 0 Å². The SMILES string of the molecule is COc1ccc(CC(Cl)c2ccccc2OC)cc1. The van der Waals surface area contributed by atoms with Crippen LogP contribution in [0.15, 0.2) is 48.5 Å². The number of rotatable bonds is 5. The van der Waals surface area contributed by atoms with Crippen molar-refractivity contribution in [1.82, 2.24) is 0 Å². The van der Waals surface area contributed by atoms with Crippen molar-refractivity contribution in [1.29, 1.82) is 0 Å². The number of para-hydroxylation sites is 1. The van der Waals surface area contributed by atoms with Crippen molar-refractivity contribution < 1.29 is 9.47 Å². The first-order valence-corrected chi connectivity index (χ1v) is 6.58. The minimum atomic E-state index is -0.107. The minimum Gasteiger partial charge on any atom is -0.497 e. The van der Waals surface area contributed by atoms with Gasteiger partial charge in [0.05, 0.1) is 19.6 Å². The van der Waals surface area contributed by atoms with Gasteiger partial charge in [0.15, 0.2) is 0 Å². The molecule has 2 aromatic carbocycles. The lowest BCUT2D eigenvalue weighted by atomic mass is 10.0. The van der Waals surface area contributed by atoms with Gasteiger partial charge in [-0.1, -0.05) is 30.3 Å². The van der Waals surface area contributed by atoms with E-state index in [1.54, 1.807) is 14.2 Å². The molecule has 0 aliphatic heterocycles. The van der Waals surface area contributed by atoms with E-state index in [0.717, 1.165) is 23.5 Å². The van der Waals surface area contributed by atoms with E-state index in [1.807, 2.05) is 48.5 Å². The summed E-state index contributed by atoms with van der Waals surface area (Å²) in [6.45, 7) is 0. The molecule has 0 radical (unpaired) electrons. The fourth-order valence-corrected chi connectivity index (χ4v) is 2.36. The zero-order valence-corrected chi connectivity index (χ0v) is 11.9. The van der Waals surface area contributed by atoms with Crippen molar-refractivity contribution in [2.24, 2.45) is 0 Å². The van der Waals surface area contributed by atoms with E-state index in [1.165, 1.54) is 5.56 Å². The Morgan fingerprint density at radius 3 is 2.26 bits per heavy atom. The molecule has 2 rings (SSSR count). The topological polar surface area (TPSA) is 18.5 Å². The van der Waals surface area contributed by atoms with E-state index < -0.39 is 0 Å². The highest BCUT2D eigenvalue weighted by atomic mass is 35.5. The van der Waals surface area contributed by atoms with Gasteiger partial charge in [-0.25, -0.2) is 0 Å². The van der Waals surface area contributed by atoms with Gasteiger partial charge in [0.2, 0.25) is 0 Å². The summed E-state index contributed by atoms with van der Waals surface area (Å²) in [4.78, 5) is 0. The van der Waals surface area contributed by atoms with Crippen molar-refractivity contribution in [2.45, 2.75) is 11.8 Å². The fourth-order valence-electron chi connectivity index (χ4n) is 2.00. The first-order valence-electron chi connectivity index (χ1n) is 6.14. The van der Waals surface area contributed by atoms with Crippen LogP contribution in [0.1, 0.15) is 16.5 Å². The molecule has 2 nitrogen and oxygen atoms in total. The quantitative estimate of drug-likeness (QED) is 0.761. The Balaban J connectivity index is 2.13. The predicted octanol–water partition coefficient (Wildman–Crippen LogP) is 4.23. The molecule has 0 aliphatic rings. The van der Waals surface area contributed by atoms with E-state index in [4.69, 9.17) is 21.1 Å². The molecule has 0 N–H and O–H groups in total. The zero-order chi connectivity index (χ0) is 13.7. The summed E-state index contributed by atoms with van der Waals surface area (Å²) >= 11 is 6.49. The molecule has 0 saturated heterocycles. The standard InChI is InChI=1S/C16H17ClO2/c1-18-13-9-7-12(8-10-13)11-15(17)14-5-3-4-6-16(14)19-2/h3-10,15H,11H2,1-2H3. The second kappa shape index (κ2) is 6.48. The van der Waals surface area contributed by atoms with E-state index in [-0.39, 0.29) is 5.38 Å². The average molecular weight is 277 g/mol. The number of benzene rings is 2. The molecule has 3 heteroatoms. The average Bonchev–Trinajstić information content (AvgIpc) is 2.48. The van der Waals surface area contributed by atoms with Crippen LogP contribution in [0.3, 0.4) is 0 Å². The molecule has 0 amide bonds. The van der Waals surface area contributed by atoms with Crippen molar-refractivity contribution in [2.75, 3.05) is 14.2 Å². The Hall–Kier alpha value is -1.67. The monoisotopic (exact) mass is 276 g/mol. The van der Waals surface area contributed by atoms with Crippen molar-refractivity contribution >= 4 is 11.6 Å². The van der Waals surface area contributed by atoms with Crippen LogP contribution in [0.2, 0.25) is 0 Å². The molecule has 2 aromatic rings. The van der Waals surface area contributed by atoms with Gasteiger partial charge in [0.1, 0.15) is 11.5 Å². The molecule has 1 unspecified atom stereocenters. The molecule has 0 aromatic heterocycles. The van der Waals surface area contributed by atoms with E-state index in [0.29, 0.717) is 0 Å². The highest BCUT2D eigenvalue weighted by Crippen LogP contribution is 2.32. The highest BCUT2D eigenvalue weighted by molar-refractivity contribution is 6.21. The molecular formula is C16H17ClO2. The van der Waals surface area contributed by atoms with Gasteiger partial charge in [0, 0.05) is 5.56 Å². The van der Waals surface area contributed by atoms with Gasteiger partial charge >= 0.3 is 0 Å². The van der Waals surface area contributed by atoms with E-state index >= 15 is 0 Å². The normalized spacial score (nSPS) is 11.9. The first-order chi connectivity index (χ1) is 9.24. The van der Waals surface area contributed by atoms with Crippen LogP contribution < -0.4 is 9.47 Å². The van der Waals surface area contributed by atoms with Crippen molar-refractivity contribution in [3.8, 4) is 11.5 Å². The summed E-state index contributed by atoms with van der Waals surface area (Å²) < 4.78 is 10.5. The van der Waals surface area contributed by atoms with Gasteiger partial charge in [-0.05, 0) is 30.2 Å². The van der Waals surface area contributed by atoms with Crippen LogP contribution in [-0.4, -0.2) is 14.2 Å². The third kappa shape index (κ3) is 3.42. The lowest BCUT2D eigenvalue weighted by Gasteiger charge is -2.14. The maximum atomic E-state index is 6.49. The van der Waals surface area contributed by atoms with Crippen LogP contribution in [0.5, 0.6) is 11.5 Å². The predicted molar refractivity (Wildman–Crippen MR) is 78.3 cm³/mol. The fraction of sp³-hybridized carbons (Fsp3) is 0.250. The van der Waals surface area contributed by atoms with Gasteiger partial charge in [0.25, 0.3) is 0 Å². The Bertz CT molecular complexity index is 523. The Kier molecular flexibility index (Phi) is 4.69. The Labute approximate surface area is 118 Å². The molecular weight excluding hydrogens is 260 g/mol. The molecule has 0 bridgehead atoms. The zero-order valence-electron chi connectivity index (χ0n) is 11.1. The summed E-state index contributed by atoms with van der Waals surface area (Å²) in [6.07, 6.45) is 0.756. The number of alkyl halides is 1. The van der Waals surface area contributed by atoms with Gasteiger partial charge in [-0.2, -0.15) is 0 Å². The number of hydrogen-bond donors (Lipinski definition) is 0. The maximum Gasteiger partial charge on any atom is 0.123 e. The van der Waals surface area contributed by atoms with Crippen LogP contribution >= 0.6 is 11.6 Å². The molecule has 19 heavy (non-hydrogen) atoms. The largest absolute Gasteiger partial charge is 0.497 e. The van der Waals surface area contributed by atoms with Gasteiger partial charge < -0.3 is 9.47 Å². The van der Waals surface area contributed by atoms with Crippen LogP contribution in [-0.2, 0) is 6.42 Å². The molecule has 0 saturated carbocycles. The number of ether oxygens (including phenoxy) is 2. The summed E-state index contributed by atoms with van der Waals surface area (Å²) in [5, 5.41) is -0.107. The van der Waals surface area contributed by atoms with Gasteiger partial charge in [-0.3, -0.25) is 0 Å². The second-order valence-electron chi connectivity index (χ2n) is 4.26. The molecule has 0 aliphatic carbocycles. The lowest BCUT2D eigenvalue weighted by molar-refractivity contribution is 0.409. The maximum absolute atomic E-state index is 6.49. The number of methoxy groups -OCH3 is 2. The van der Waals surface area contributed by atoms with E-state index in [9.17, 15) is 0 Å². The molecule has 1 atom stereocenters. The third-order valence-electron chi connectivity index (χ3n) is 3.05. The molecule has 100 valence electrons. The Morgan fingerprint density at radius 1 is 0.947 bits per heavy atom. The number of halogens is 1. The Morgan fingerprint density at radius 2 is 1.63 bits per heavy atom. The minimum absolute atomic E-state index is 0.107. The summed E-state index contributed by atoms with van der Waals surface area (Å²) in [6, 6.07) is 15.8. The van der Waals surface area contributed by atoms with Gasteiger partial charge in [-0.15, -0.1) is 11.6 Å². The third-order valence-corrected chi connectivity index (χ3v) is 3.44. The summed E-state index contributed by atoms with van der Waals surface area (Å²) in [5.41, 5.74) is 2.19. The highest BCUT2D eigenvalue weighted by Gasteiger charge is 2.13. The van der Waals surface area contributed by atoms with Crippen molar-refractivity contribution in [3.05, 3.63) is 59.7 Å². The smallest absolute Gasteiger partial charge is 0.123 e. The van der Waals surface area contributed by atoms with Crippen LogP contribution in [0.4, 0.5) is 0 Å². The summed E-state index contributed by atoms with van der Waals surface area (Å²) in [5.74, 6) is 1.68. The number of hydrogen-bond acceptors (Lipinski definition) is 2. The molecule has 0 fully saturated rings. The van der Waals surface area contributed by atoms with Crippen LogP contribution in [0, 0.1) is 0 Å². The first kappa shape index (κ1) is 13.8. The molecule has 0 heterocycles. The lowest BCUT2D eigenvalue weighted by Crippen LogP contribution is -1.99. The van der Waals surface area contributed by atoms with Crippen LogP contribution in [0.25, 0.3) is 0 Å². The second-order valence-corrected chi connectivity index (χ2v) is 4.79. The van der Waals surface area contributed by atoms with Crippen molar-refractivity contribution in [3.63, 3.8) is 0 Å².